The molecule has 6 nitrogen and oxygen atoms in total. The van der Waals surface area contributed by atoms with E-state index in [1.165, 1.54) is 0 Å². The van der Waals surface area contributed by atoms with Gasteiger partial charge in [0.2, 0.25) is 0 Å². The monoisotopic (exact) mass is 261 g/mol. The van der Waals surface area contributed by atoms with E-state index >= 15 is 0 Å². The lowest BCUT2D eigenvalue weighted by Gasteiger charge is -2.22. The van der Waals surface area contributed by atoms with Crippen LogP contribution in [0, 0.1) is 5.41 Å². The van der Waals surface area contributed by atoms with Crippen molar-refractivity contribution in [1.29, 1.82) is 5.41 Å². The van der Waals surface area contributed by atoms with Gasteiger partial charge in [-0.3, -0.25) is 21.0 Å². The van der Waals surface area contributed by atoms with Crippen molar-refractivity contribution in [3.05, 3.63) is 34.9 Å². The van der Waals surface area contributed by atoms with E-state index in [2.05, 4.69) is 0 Å². The summed E-state index contributed by atoms with van der Waals surface area (Å²) in [5.74, 6) is -0.0125. The summed E-state index contributed by atoms with van der Waals surface area (Å²) in [6.45, 7) is 1.06. The molecule has 1 aliphatic heterocycles. The predicted octanol–water partition coefficient (Wildman–Crippen LogP) is 1.43. The Hall–Kier alpha value is -2.08. The molecule has 1 atom stereocenters. The summed E-state index contributed by atoms with van der Waals surface area (Å²) < 4.78 is 4.98. The highest BCUT2D eigenvalue weighted by Crippen LogP contribution is 2.38. The van der Waals surface area contributed by atoms with Crippen LogP contribution in [0.15, 0.2) is 18.2 Å². The Morgan fingerprint density at radius 1 is 1.53 bits per heavy atom. The number of cyclic esters (lactones) is 1. The van der Waals surface area contributed by atoms with Crippen LogP contribution in [-0.4, -0.2) is 35.2 Å². The minimum atomic E-state index is -0.265. The minimum Gasteiger partial charge on any atom is -0.448 e. The molecule has 1 aromatic carbocycles. The largest absolute Gasteiger partial charge is 0.448 e. The third kappa shape index (κ3) is 1.84. The molecule has 3 N–H and O–H groups in total. The summed E-state index contributed by atoms with van der Waals surface area (Å²) in [5.41, 5.74) is 4.65. The molecule has 19 heavy (non-hydrogen) atoms. The summed E-state index contributed by atoms with van der Waals surface area (Å²) in [4.78, 5) is 13.4. The molecule has 0 radical (unpaired) electrons. The molecule has 1 amide bonds. The number of carbonyl (C=O) groups excluding carboxylic acids is 1. The fourth-order valence-corrected chi connectivity index (χ4v) is 2.94. The number of carbonyl (C=O) groups is 1. The maximum Gasteiger partial charge on any atom is 0.410 e. The Balaban J connectivity index is 1.97. The van der Waals surface area contributed by atoms with Crippen molar-refractivity contribution in [2.75, 3.05) is 13.2 Å². The second kappa shape index (κ2) is 4.55. The molecule has 1 aromatic rings. The number of hydroxylamine groups is 1. The number of nitrogens with zero attached hydrogens (tertiary/aromatic N) is 1. The SMILES string of the molecule is N=C(NO)c1cccc2c1CC[C@@H]2N1CCOC1=O. The lowest BCUT2D eigenvalue weighted by Crippen LogP contribution is -2.28. The van der Waals surface area contributed by atoms with Gasteiger partial charge in [-0.05, 0) is 24.0 Å². The van der Waals surface area contributed by atoms with Crippen molar-refractivity contribution in [3.8, 4) is 0 Å². The second-order valence-corrected chi connectivity index (χ2v) is 4.72. The topological polar surface area (TPSA) is 85.7 Å². The molecule has 0 unspecified atom stereocenters. The van der Waals surface area contributed by atoms with Crippen LogP contribution in [-0.2, 0) is 11.2 Å². The van der Waals surface area contributed by atoms with Gasteiger partial charge in [0, 0.05) is 5.56 Å². The Morgan fingerprint density at radius 2 is 2.37 bits per heavy atom. The maximum absolute atomic E-state index is 11.7. The third-order valence-corrected chi connectivity index (χ3v) is 3.79. The highest BCUT2D eigenvalue weighted by atomic mass is 16.6. The number of benzene rings is 1. The van der Waals surface area contributed by atoms with Gasteiger partial charge < -0.3 is 4.74 Å². The molecule has 0 aromatic heterocycles. The first-order chi connectivity index (χ1) is 9.22. The number of amides is 1. The Kier molecular flexibility index (Phi) is 2.87. The van der Waals surface area contributed by atoms with E-state index in [0.717, 1.165) is 24.0 Å². The number of hydrogen-bond acceptors (Lipinski definition) is 4. The van der Waals surface area contributed by atoms with Gasteiger partial charge in [-0.15, -0.1) is 0 Å². The number of ether oxygens (including phenoxy) is 1. The fourth-order valence-electron chi connectivity index (χ4n) is 2.94. The van der Waals surface area contributed by atoms with E-state index in [1.54, 1.807) is 11.0 Å². The van der Waals surface area contributed by atoms with Gasteiger partial charge in [-0.2, -0.15) is 0 Å². The molecule has 6 heteroatoms. The van der Waals surface area contributed by atoms with Crippen LogP contribution in [0.25, 0.3) is 0 Å². The summed E-state index contributed by atoms with van der Waals surface area (Å²) in [6, 6.07) is 5.65. The molecule has 1 saturated heterocycles. The molecule has 1 fully saturated rings. The van der Waals surface area contributed by atoms with Crippen LogP contribution >= 0.6 is 0 Å². The first kappa shape index (κ1) is 12.0. The summed E-state index contributed by atoms with van der Waals surface area (Å²) >= 11 is 0. The van der Waals surface area contributed by atoms with Gasteiger partial charge >= 0.3 is 6.09 Å². The van der Waals surface area contributed by atoms with Crippen LogP contribution in [0.3, 0.4) is 0 Å². The molecule has 2 aliphatic rings. The second-order valence-electron chi connectivity index (χ2n) is 4.72. The van der Waals surface area contributed by atoms with Crippen molar-refractivity contribution in [2.24, 2.45) is 0 Å². The molecule has 0 saturated carbocycles. The average molecular weight is 261 g/mol. The van der Waals surface area contributed by atoms with Gasteiger partial charge in [0.1, 0.15) is 12.4 Å². The van der Waals surface area contributed by atoms with Crippen LogP contribution < -0.4 is 5.48 Å². The zero-order valence-corrected chi connectivity index (χ0v) is 10.3. The van der Waals surface area contributed by atoms with E-state index in [1.807, 2.05) is 17.6 Å². The van der Waals surface area contributed by atoms with Crippen molar-refractivity contribution in [3.63, 3.8) is 0 Å². The van der Waals surface area contributed by atoms with Crippen LogP contribution in [0.4, 0.5) is 4.79 Å². The predicted molar refractivity (Wildman–Crippen MR) is 67.3 cm³/mol. The number of fused-ring (bicyclic) bond motifs is 1. The molecule has 1 aliphatic carbocycles. The highest BCUT2D eigenvalue weighted by molar-refractivity contribution is 5.97. The zero-order valence-electron chi connectivity index (χ0n) is 10.3. The zero-order chi connectivity index (χ0) is 13.4. The van der Waals surface area contributed by atoms with Crippen LogP contribution in [0.5, 0.6) is 0 Å². The van der Waals surface area contributed by atoms with Crippen molar-refractivity contribution in [2.45, 2.75) is 18.9 Å². The van der Waals surface area contributed by atoms with Gasteiger partial charge in [0.25, 0.3) is 0 Å². The molecular formula is C13H15N3O3. The third-order valence-electron chi connectivity index (χ3n) is 3.79. The summed E-state index contributed by atoms with van der Waals surface area (Å²) in [7, 11) is 0. The normalized spacial score (nSPS) is 21.2. The van der Waals surface area contributed by atoms with E-state index in [0.29, 0.717) is 18.7 Å². The van der Waals surface area contributed by atoms with E-state index in [4.69, 9.17) is 15.4 Å². The number of amidine groups is 1. The highest BCUT2D eigenvalue weighted by Gasteiger charge is 2.35. The molecule has 0 bridgehead atoms. The van der Waals surface area contributed by atoms with E-state index in [9.17, 15) is 4.79 Å². The molecular weight excluding hydrogens is 246 g/mol. The van der Waals surface area contributed by atoms with E-state index < -0.39 is 0 Å². The van der Waals surface area contributed by atoms with E-state index in [-0.39, 0.29) is 18.0 Å². The molecule has 1 heterocycles. The molecule has 100 valence electrons. The summed E-state index contributed by atoms with van der Waals surface area (Å²) in [5, 5.41) is 16.6. The van der Waals surface area contributed by atoms with Crippen molar-refractivity contribution in [1.82, 2.24) is 10.4 Å². The Bertz CT molecular complexity index is 544. The van der Waals surface area contributed by atoms with Crippen molar-refractivity contribution < 1.29 is 14.7 Å². The fraction of sp³-hybridized carbons (Fsp3) is 0.385. The average Bonchev–Trinajstić information content (AvgIpc) is 3.03. The first-order valence-electron chi connectivity index (χ1n) is 6.26. The van der Waals surface area contributed by atoms with Gasteiger partial charge in [-0.25, -0.2) is 4.79 Å². The quantitative estimate of drug-likeness (QED) is 0.427. The van der Waals surface area contributed by atoms with Gasteiger partial charge in [0.15, 0.2) is 0 Å². The number of rotatable bonds is 2. The maximum atomic E-state index is 11.7. The van der Waals surface area contributed by atoms with Gasteiger partial charge in [-0.1, -0.05) is 18.2 Å². The number of hydrogen-bond donors (Lipinski definition) is 3. The lowest BCUT2D eigenvalue weighted by molar-refractivity contribution is 0.147. The Morgan fingerprint density at radius 3 is 3.05 bits per heavy atom. The first-order valence-corrected chi connectivity index (χ1v) is 6.26. The summed E-state index contributed by atoms with van der Waals surface area (Å²) in [6.07, 6.45) is 1.36. The lowest BCUT2D eigenvalue weighted by atomic mass is 10.0. The molecule has 0 spiro atoms. The molecule has 3 rings (SSSR count). The Labute approximate surface area is 110 Å². The van der Waals surface area contributed by atoms with Crippen LogP contribution in [0.2, 0.25) is 0 Å². The van der Waals surface area contributed by atoms with Gasteiger partial charge in [0.05, 0.1) is 12.6 Å². The number of nitrogens with one attached hydrogen (secondary N) is 2. The smallest absolute Gasteiger partial charge is 0.410 e. The standard InChI is InChI=1S/C13H15N3O3/c14-12(15-18)10-3-1-2-9-8(10)4-5-11(9)16-6-7-19-13(16)17/h1-3,11,18H,4-7H2,(H2,14,15)/t11-/m0/s1. The van der Waals surface area contributed by atoms with Crippen LogP contribution in [0.1, 0.15) is 29.2 Å². The minimum absolute atomic E-state index is 0.0125. The van der Waals surface area contributed by atoms with Crippen molar-refractivity contribution >= 4 is 11.9 Å².